The van der Waals surface area contributed by atoms with E-state index in [1.54, 1.807) is 6.07 Å². The molecular weight excluding hydrogens is 214 g/mol. The first kappa shape index (κ1) is 13.8. The minimum atomic E-state index is -0.117. The molecule has 1 atom stereocenters. The van der Waals surface area contributed by atoms with Crippen molar-refractivity contribution in [3.8, 4) is 0 Å². The van der Waals surface area contributed by atoms with Crippen molar-refractivity contribution in [3.63, 3.8) is 0 Å². The molecule has 0 radical (unpaired) electrons. The molecule has 1 N–H and O–H groups in total. The summed E-state index contributed by atoms with van der Waals surface area (Å²) in [6.07, 6.45) is 3.13. The van der Waals surface area contributed by atoms with Gasteiger partial charge in [-0.05, 0) is 31.4 Å². The normalized spacial score (nSPS) is 12.8. The van der Waals surface area contributed by atoms with Gasteiger partial charge in [-0.25, -0.2) is 0 Å². The Kier molecular flexibility index (Phi) is 5.26. The Labute approximate surface area is 104 Å². The van der Waals surface area contributed by atoms with Crippen LogP contribution in [0.15, 0.2) is 16.5 Å². The van der Waals surface area contributed by atoms with Crippen molar-refractivity contribution in [3.05, 3.63) is 23.7 Å². The van der Waals surface area contributed by atoms with Crippen molar-refractivity contribution >= 4 is 5.91 Å². The summed E-state index contributed by atoms with van der Waals surface area (Å²) >= 11 is 0. The lowest BCUT2D eigenvalue weighted by atomic mass is 10.1. The number of hydrogen-bond acceptors (Lipinski definition) is 2. The van der Waals surface area contributed by atoms with E-state index in [0.717, 1.165) is 25.0 Å². The van der Waals surface area contributed by atoms with Crippen LogP contribution in [0.1, 0.15) is 56.9 Å². The molecule has 1 heterocycles. The molecule has 0 aliphatic heterocycles. The zero-order valence-corrected chi connectivity index (χ0v) is 11.2. The third-order valence-corrected chi connectivity index (χ3v) is 3.02. The van der Waals surface area contributed by atoms with Crippen LogP contribution in [-0.2, 0) is 6.42 Å². The fraction of sp³-hybridized carbons (Fsp3) is 0.643. The number of carbonyl (C=O) groups is 1. The Morgan fingerprint density at radius 2 is 2.06 bits per heavy atom. The molecule has 0 aliphatic carbocycles. The van der Waals surface area contributed by atoms with Crippen molar-refractivity contribution in [2.24, 2.45) is 5.92 Å². The molecule has 0 aliphatic rings. The molecule has 3 heteroatoms. The molecule has 1 rings (SSSR count). The van der Waals surface area contributed by atoms with Crippen molar-refractivity contribution in [1.29, 1.82) is 0 Å². The van der Waals surface area contributed by atoms with E-state index < -0.39 is 0 Å². The maximum absolute atomic E-state index is 11.8. The van der Waals surface area contributed by atoms with Gasteiger partial charge in [-0.3, -0.25) is 4.79 Å². The number of hydrogen-bond donors (Lipinski definition) is 1. The molecule has 3 nitrogen and oxygen atoms in total. The van der Waals surface area contributed by atoms with Crippen molar-refractivity contribution in [2.75, 3.05) is 0 Å². The highest BCUT2D eigenvalue weighted by atomic mass is 16.3. The summed E-state index contributed by atoms with van der Waals surface area (Å²) < 4.78 is 5.52. The zero-order valence-electron chi connectivity index (χ0n) is 11.2. The van der Waals surface area contributed by atoms with Crippen LogP contribution in [0.25, 0.3) is 0 Å². The standard InChI is InChI=1S/C14H23NO2/c1-5-6-7-12-8-9-13(17-12)14(16)15-11(4)10(2)3/h8-11H,5-7H2,1-4H3,(H,15,16). The molecule has 1 aromatic rings. The number of nitrogens with one attached hydrogen (secondary N) is 1. The van der Waals surface area contributed by atoms with Gasteiger partial charge in [0.1, 0.15) is 5.76 Å². The molecular formula is C14H23NO2. The van der Waals surface area contributed by atoms with Crippen LogP contribution in [0, 0.1) is 5.92 Å². The van der Waals surface area contributed by atoms with Gasteiger partial charge in [0.15, 0.2) is 5.76 Å². The van der Waals surface area contributed by atoms with E-state index in [4.69, 9.17) is 4.42 Å². The Balaban J connectivity index is 2.54. The summed E-state index contributed by atoms with van der Waals surface area (Å²) in [6, 6.07) is 3.81. The Morgan fingerprint density at radius 1 is 1.35 bits per heavy atom. The number of rotatable bonds is 6. The molecule has 0 aromatic carbocycles. The predicted octanol–water partition coefficient (Wildman–Crippen LogP) is 3.40. The highest BCUT2D eigenvalue weighted by Crippen LogP contribution is 2.11. The Bertz CT molecular complexity index is 355. The summed E-state index contributed by atoms with van der Waals surface area (Å²) in [7, 11) is 0. The van der Waals surface area contributed by atoms with Gasteiger partial charge in [-0.1, -0.05) is 27.2 Å². The lowest BCUT2D eigenvalue weighted by molar-refractivity contribution is 0.0900. The smallest absolute Gasteiger partial charge is 0.287 e. The second kappa shape index (κ2) is 6.48. The summed E-state index contributed by atoms with van der Waals surface area (Å²) in [4.78, 5) is 11.8. The zero-order chi connectivity index (χ0) is 12.8. The van der Waals surface area contributed by atoms with Crippen LogP contribution in [0.2, 0.25) is 0 Å². The third-order valence-electron chi connectivity index (χ3n) is 3.02. The van der Waals surface area contributed by atoms with Crippen molar-refractivity contribution in [1.82, 2.24) is 5.32 Å². The maximum atomic E-state index is 11.8. The average molecular weight is 237 g/mol. The highest BCUT2D eigenvalue weighted by Gasteiger charge is 2.15. The quantitative estimate of drug-likeness (QED) is 0.824. The Hall–Kier alpha value is -1.25. The van der Waals surface area contributed by atoms with E-state index in [0.29, 0.717) is 11.7 Å². The molecule has 0 saturated carbocycles. The SMILES string of the molecule is CCCCc1ccc(C(=O)NC(C)C(C)C)o1. The molecule has 1 amide bonds. The topological polar surface area (TPSA) is 42.2 Å². The van der Waals surface area contributed by atoms with E-state index in [9.17, 15) is 4.79 Å². The number of carbonyl (C=O) groups excluding carboxylic acids is 1. The minimum absolute atomic E-state index is 0.117. The fourth-order valence-corrected chi connectivity index (χ4v) is 1.43. The van der Waals surface area contributed by atoms with Gasteiger partial charge >= 0.3 is 0 Å². The van der Waals surface area contributed by atoms with Crippen molar-refractivity contribution in [2.45, 2.75) is 53.0 Å². The number of amides is 1. The van der Waals surface area contributed by atoms with E-state index in [1.165, 1.54) is 0 Å². The van der Waals surface area contributed by atoms with Crippen LogP contribution in [-0.4, -0.2) is 11.9 Å². The molecule has 0 bridgehead atoms. The van der Waals surface area contributed by atoms with Crippen LogP contribution < -0.4 is 5.32 Å². The first-order valence-electron chi connectivity index (χ1n) is 6.44. The number of unbranched alkanes of at least 4 members (excludes halogenated alkanes) is 1. The van der Waals surface area contributed by atoms with Crippen LogP contribution >= 0.6 is 0 Å². The summed E-state index contributed by atoms with van der Waals surface area (Å²) in [5.41, 5.74) is 0. The predicted molar refractivity (Wildman–Crippen MR) is 69.1 cm³/mol. The van der Waals surface area contributed by atoms with Crippen LogP contribution in [0.5, 0.6) is 0 Å². The molecule has 0 saturated heterocycles. The molecule has 0 spiro atoms. The van der Waals surface area contributed by atoms with Gasteiger partial charge < -0.3 is 9.73 Å². The summed E-state index contributed by atoms with van der Waals surface area (Å²) in [5.74, 6) is 1.63. The first-order valence-corrected chi connectivity index (χ1v) is 6.44. The second-order valence-corrected chi connectivity index (χ2v) is 4.88. The number of furan rings is 1. The van der Waals surface area contributed by atoms with Crippen LogP contribution in [0.4, 0.5) is 0 Å². The lowest BCUT2D eigenvalue weighted by Crippen LogP contribution is -2.35. The largest absolute Gasteiger partial charge is 0.456 e. The maximum Gasteiger partial charge on any atom is 0.287 e. The second-order valence-electron chi connectivity index (χ2n) is 4.88. The number of aryl methyl sites for hydroxylation is 1. The average Bonchev–Trinajstić information content (AvgIpc) is 2.74. The van der Waals surface area contributed by atoms with E-state index in [2.05, 4.69) is 26.1 Å². The fourth-order valence-electron chi connectivity index (χ4n) is 1.43. The molecule has 1 unspecified atom stereocenters. The molecule has 0 fully saturated rings. The van der Waals surface area contributed by atoms with Gasteiger partial charge in [-0.2, -0.15) is 0 Å². The van der Waals surface area contributed by atoms with Gasteiger partial charge in [0.25, 0.3) is 5.91 Å². The summed E-state index contributed by atoms with van der Waals surface area (Å²) in [6.45, 7) is 8.31. The van der Waals surface area contributed by atoms with E-state index in [-0.39, 0.29) is 11.9 Å². The lowest BCUT2D eigenvalue weighted by Gasteiger charge is -2.16. The van der Waals surface area contributed by atoms with Gasteiger partial charge in [0.05, 0.1) is 0 Å². The van der Waals surface area contributed by atoms with E-state index >= 15 is 0 Å². The third kappa shape index (κ3) is 4.25. The molecule has 17 heavy (non-hydrogen) atoms. The highest BCUT2D eigenvalue weighted by molar-refractivity contribution is 5.91. The van der Waals surface area contributed by atoms with Gasteiger partial charge in [-0.15, -0.1) is 0 Å². The van der Waals surface area contributed by atoms with Gasteiger partial charge in [0, 0.05) is 12.5 Å². The van der Waals surface area contributed by atoms with E-state index in [1.807, 2.05) is 13.0 Å². The first-order chi connectivity index (χ1) is 8.04. The molecule has 1 aromatic heterocycles. The summed E-state index contributed by atoms with van der Waals surface area (Å²) in [5, 5.41) is 2.93. The van der Waals surface area contributed by atoms with Crippen LogP contribution in [0.3, 0.4) is 0 Å². The minimum Gasteiger partial charge on any atom is -0.456 e. The van der Waals surface area contributed by atoms with Gasteiger partial charge in [0.2, 0.25) is 0 Å². The molecule has 96 valence electrons. The monoisotopic (exact) mass is 237 g/mol. The Morgan fingerprint density at radius 3 is 2.65 bits per heavy atom. The van der Waals surface area contributed by atoms with Crippen molar-refractivity contribution < 1.29 is 9.21 Å².